The Bertz CT molecular complexity index is 311. The van der Waals surface area contributed by atoms with Crippen molar-refractivity contribution in [1.29, 1.82) is 0 Å². The van der Waals surface area contributed by atoms with Crippen LogP contribution in [0.2, 0.25) is 0 Å². The fourth-order valence-electron chi connectivity index (χ4n) is 1.77. The van der Waals surface area contributed by atoms with Crippen LogP contribution in [0.3, 0.4) is 0 Å². The second kappa shape index (κ2) is 13.5. The van der Waals surface area contributed by atoms with E-state index in [1.54, 1.807) is 0 Å². The minimum Gasteiger partial charge on any atom is -0.370 e. The molecular formula is C14H27N4O3. The summed E-state index contributed by atoms with van der Waals surface area (Å²) in [6.07, 6.45) is 6.29. The molecule has 1 radical (unpaired) electrons. The van der Waals surface area contributed by atoms with Crippen molar-refractivity contribution in [2.45, 2.75) is 51.0 Å². The first-order valence-corrected chi connectivity index (χ1v) is 7.46. The molecule has 0 aromatic carbocycles. The van der Waals surface area contributed by atoms with Crippen LogP contribution in [-0.2, 0) is 14.4 Å². The van der Waals surface area contributed by atoms with Gasteiger partial charge in [0.2, 0.25) is 18.1 Å². The van der Waals surface area contributed by atoms with Crippen LogP contribution in [0.15, 0.2) is 0 Å². The smallest absolute Gasteiger partial charge is 0.219 e. The number of unbranched alkanes of at least 4 members (excludes halogenated alkanes) is 2. The average molecular weight is 299 g/mol. The summed E-state index contributed by atoms with van der Waals surface area (Å²) >= 11 is 0. The van der Waals surface area contributed by atoms with Crippen molar-refractivity contribution in [2.24, 2.45) is 11.5 Å². The Hall–Kier alpha value is -1.47. The number of rotatable bonds is 14. The first-order valence-electron chi connectivity index (χ1n) is 7.46. The Morgan fingerprint density at radius 1 is 1.05 bits per heavy atom. The van der Waals surface area contributed by atoms with Crippen molar-refractivity contribution < 1.29 is 14.4 Å². The van der Waals surface area contributed by atoms with Crippen LogP contribution in [0, 0.1) is 0 Å². The van der Waals surface area contributed by atoms with Crippen molar-refractivity contribution in [2.75, 3.05) is 19.6 Å². The standard InChI is InChI=1S/C14H27N4O3/c15-8-4-10-18-14(21)5-2-1-3-9-17-12(11-19)6-7-13(16)20/h12,17H,1-10,15H2,(H2,16,20)(H,18,21)/t12-/m0/s1. The zero-order chi connectivity index (χ0) is 15.9. The van der Waals surface area contributed by atoms with Crippen molar-refractivity contribution in [3.8, 4) is 0 Å². The highest BCUT2D eigenvalue weighted by Gasteiger charge is 2.08. The molecule has 0 spiro atoms. The van der Waals surface area contributed by atoms with Gasteiger partial charge in [0.1, 0.15) is 0 Å². The van der Waals surface area contributed by atoms with E-state index in [0.29, 0.717) is 32.5 Å². The third-order valence-electron chi connectivity index (χ3n) is 3.00. The summed E-state index contributed by atoms with van der Waals surface area (Å²) < 4.78 is 0. The monoisotopic (exact) mass is 299 g/mol. The van der Waals surface area contributed by atoms with Gasteiger partial charge in [0.25, 0.3) is 0 Å². The molecule has 0 heterocycles. The highest BCUT2D eigenvalue weighted by molar-refractivity contribution is 5.75. The van der Waals surface area contributed by atoms with Gasteiger partial charge >= 0.3 is 0 Å². The van der Waals surface area contributed by atoms with E-state index < -0.39 is 11.9 Å². The van der Waals surface area contributed by atoms with E-state index in [0.717, 1.165) is 25.7 Å². The predicted molar refractivity (Wildman–Crippen MR) is 81.1 cm³/mol. The molecule has 0 fully saturated rings. The molecule has 0 saturated carbocycles. The van der Waals surface area contributed by atoms with E-state index >= 15 is 0 Å². The van der Waals surface area contributed by atoms with Crippen LogP contribution in [-0.4, -0.2) is 43.8 Å². The Kier molecular flexibility index (Phi) is 12.6. The van der Waals surface area contributed by atoms with E-state index in [4.69, 9.17) is 11.5 Å². The maximum Gasteiger partial charge on any atom is 0.219 e. The molecule has 6 N–H and O–H groups in total. The van der Waals surface area contributed by atoms with Crippen molar-refractivity contribution in [1.82, 2.24) is 10.6 Å². The first kappa shape index (κ1) is 19.5. The molecule has 7 nitrogen and oxygen atoms in total. The molecule has 21 heavy (non-hydrogen) atoms. The quantitative estimate of drug-likeness (QED) is 0.317. The Morgan fingerprint density at radius 2 is 1.81 bits per heavy atom. The number of carbonyl (C=O) groups is 2. The number of nitrogens with one attached hydrogen (secondary N) is 2. The second-order valence-electron chi connectivity index (χ2n) is 4.93. The Balaban J connectivity index is 3.47. The lowest BCUT2D eigenvalue weighted by Gasteiger charge is -2.10. The van der Waals surface area contributed by atoms with Crippen LogP contribution in [0.4, 0.5) is 0 Å². The summed E-state index contributed by atoms with van der Waals surface area (Å²) in [5.74, 6) is -0.366. The van der Waals surface area contributed by atoms with Gasteiger partial charge in [-0.3, -0.25) is 14.4 Å². The van der Waals surface area contributed by atoms with Gasteiger partial charge in [-0.15, -0.1) is 0 Å². The summed E-state index contributed by atoms with van der Waals surface area (Å²) in [7, 11) is 0. The molecule has 0 aromatic heterocycles. The zero-order valence-electron chi connectivity index (χ0n) is 12.5. The minimum absolute atomic E-state index is 0.0527. The lowest BCUT2D eigenvalue weighted by molar-refractivity contribution is -0.121. The number of primary amides is 1. The van der Waals surface area contributed by atoms with Gasteiger partial charge in [0.15, 0.2) is 0 Å². The minimum atomic E-state index is -0.447. The van der Waals surface area contributed by atoms with Crippen molar-refractivity contribution >= 4 is 18.1 Å². The molecule has 7 heteroatoms. The van der Waals surface area contributed by atoms with E-state index in [-0.39, 0.29) is 12.3 Å². The molecule has 0 unspecified atom stereocenters. The predicted octanol–water partition coefficient (Wildman–Crippen LogP) is -0.655. The molecular weight excluding hydrogens is 272 g/mol. The number of amides is 2. The largest absolute Gasteiger partial charge is 0.370 e. The van der Waals surface area contributed by atoms with Gasteiger partial charge in [-0.1, -0.05) is 6.42 Å². The number of hydrogen-bond donors (Lipinski definition) is 4. The molecule has 0 rings (SSSR count). The molecule has 1 atom stereocenters. The summed E-state index contributed by atoms with van der Waals surface area (Å²) in [5.41, 5.74) is 10.4. The van der Waals surface area contributed by atoms with Gasteiger partial charge in [-0.25, -0.2) is 0 Å². The third kappa shape index (κ3) is 13.3. The van der Waals surface area contributed by atoms with Crippen LogP contribution < -0.4 is 22.1 Å². The summed E-state index contributed by atoms with van der Waals surface area (Å²) in [6, 6.07) is -0.447. The van der Waals surface area contributed by atoms with Crippen molar-refractivity contribution in [3.63, 3.8) is 0 Å². The Labute approximate surface area is 126 Å². The van der Waals surface area contributed by atoms with E-state index in [1.807, 2.05) is 6.29 Å². The molecule has 0 saturated heterocycles. The fourth-order valence-corrected chi connectivity index (χ4v) is 1.77. The molecule has 2 amide bonds. The van der Waals surface area contributed by atoms with Crippen LogP contribution in [0.5, 0.6) is 0 Å². The van der Waals surface area contributed by atoms with Gasteiger partial charge in [-0.05, 0) is 38.8 Å². The van der Waals surface area contributed by atoms with Crippen LogP contribution in [0.25, 0.3) is 0 Å². The lowest BCUT2D eigenvalue weighted by Crippen LogP contribution is -2.32. The number of nitrogens with two attached hydrogens (primary N) is 2. The van der Waals surface area contributed by atoms with E-state index in [9.17, 15) is 14.4 Å². The second-order valence-corrected chi connectivity index (χ2v) is 4.93. The lowest BCUT2D eigenvalue weighted by atomic mass is 10.1. The third-order valence-corrected chi connectivity index (χ3v) is 3.00. The normalized spacial score (nSPS) is 11.9. The molecule has 0 aliphatic carbocycles. The topological polar surface area (TPSA) is 127 Å². The molecule has 121 valence electrons. The maximum atomic E-state index is 11.4. The molecule has 0 bridgehead atoms. The SMILES string of the molecule is NCCCNC(=O)CCCCCN[C@H]([C]=O)CCC(N)=O. The van der Waals surface area contributed by atoms with E-state index in [1.165, 1.54) is 0 Å². The zero-order valence-corrected chi connectivity index (χ0v) is 12.5. The average Bonchev–Trinajstić information content (AvgIpc) is 2.45. The molecule has 0 aliphatic rings. The first-order chi connectivity index (χ1) is 10.1. The van der Waals surface area contributed by atoms with E-state index in [2.05, 4.69) is 10.6 Å². The highest BCUT2D eigenvalue weighted by Crippen LogP contribution is 2.00. The van der Waals surface area contributed by atoms with Crippen LogP contribution >= 0.6 is 0 Å². The summed E-state index contributed by atoms with van der Waals surface area (Å²) in [5, 5.41) is 5.81. The number of hydrogen-bond acceptors (Lipinski definition) is 5. The molecule has 0 aromatic rings. The molecule has 0 aliphatic heterocycles. The Morgan fingerprint density at radius 3 is 2.43 bits per heavy atom. The van der Waals surface area contributed by atoms with Gasteiger partial charge in [-0.2, -0.15) is 0 Å². The highest BCUT2D eigenvalue weighted by atomic mass is 16.2. The van der Waals surface area contributed by atoms with Gasteiger partial charge in [0.05, 0.1) is 6.04 Å². The summed E-state index contributed by atoms with van der Waals surface area (Å²) in [6.45, 7) is 1.87. The number of carbonyl (C=O) groups excluding carboxylic acids is 3. The fraction of sp³-hybridized carbons (Fsp3) is 0.786. The van der Waals surface area contributed by atoms with Crippen LogP contribution in [0.1, 0.15) is 44.9 Å². The van der Waals surface area contributed by atoms with Crippen molar-refractivity contribution in [3.05, 3.63) is 0 Å². The van der Waals surface area contributed by atoms with Gasteiger partial charge in [0, 0.05) is 19.4 Å². The van der Waals surface area contributed by atoms with Gasteiger partial charge < -0.3 is 22.1 Å². The summed E-state index contributed by atoms with van der Waals surface area (Å²) in [4.78, 5) is 32.7. The maximum absolute atomic E-state index is 11.4.